The molecule has 1 atom stereocenters. The van der Waals surface area contributed by atoms with Gasteiger partial charge in [0.05, 0.1) is 5.69 Å². The number of carbonyl (C=O) groups is 1. The summed E-state index contributed by atoms with van der Waals surface area (Å²) in [6.07, 6.45) is 10.8. The fourth-order valence-electron chi connectivity index (χ4n) is 3.91. The highest BCUT2D eigenvalue weighted by Crippen LogP contribution is 2.33. The molecule has 130 valence electrons. The number of piperidine rings is 1. The summed E-state index contributed by atoms with van der Waals surface area (Å²) in [7, 11) is 1.87. The van der Waals surface area contributed by atoms with Gasteiger partial charge in [0.2, 0.25) is 6.41 Å². The average molecular weight is 328 g/mol. The molecule has 2 heterocycles. The highest BCUT2D eigenvalue weighted by molar-refractivity contribution is 5.51. The van der Waals surface area contributed by atoms with Crippen LogP contribution >= 0.6 is 0 Å². The number of allylic oxidation sites excluding steroid dienone is 2. The quantitative estimate of drug-likeness (QED) is 0.630. The highest BCUT2D eigenvalue weighted by atomic mass is 16.1. The molecule has 1 amide bonds. The largest absolute Gasteiger partial charge is 0.355 e. The Balaban J connectivity index is 1.74. The Morgan fingerprint density at radius 3 is 2.50 bits per heavy atom. The molecular formula is C19H28N4O. The van der Waals surface area contributed by atoms with Crippen LogP contribution in [-0.4, -0.2) is 47.7 Å². The van der Waals surface area contributed by atoms with Crippen LogP contribution in [0.2, 0.25) is 0 Å². The molecule has 2 aliphatic rings. The lowest BCUT2D eigenvalue weighted by Gasteiger charge is -2.36. The van der Waals surface area contributed by atoms with Gasteiger partial charge in [-0.1, -0.05) is 12.2 Å². The summed E-state index contributed by atoms with van der Waals surface area (Å²) in [4.78, 5) is 15.0. The van der Waals surface area contributed by atoms with Crippen molar-refractivity contribution < 1.29 is 4.79 Å². The number of hydrogen-bond donors (Lipinski definition) is 0. The predicted octanol–water partition coefficient (Wildman–Crippen LogP) is 2.97. The monoisotopic (exact) mass is 328 g/mol. The second kappa shape index (κ2) is 7.32. The van der Waals surface area contributed by atoms with Crippen LogP contribution < -0.4 is 4.90 Å². The van der Waals surface area contributed by atoms with Crippen LogP contribution in [0.15, 0.2) is 12.2 Å². The first-order valence-corrected chi connectivity index (χ1v) is 9.02. The van der Waals surface area contributed by atoms with Crippen molar-refractivity contribution in [2.24, 2.45) is 0 Å². The third-order valence-electron chi connectivity index (χ3n) is 5.70. The smallest absolute Gasteiger partial charge is 0.209 e. The molecule has 0 N–H and O–H groups in total. The van der Waals surface area contributed by atoms with Crippen molar-refractivity contribution in [3.63, 3.8) is 0 Å². The van der Waals surface area contributed by atoms with Gasteiger partial charge in [-0.3, -0.25) is 4.79 Å². The maximum absolute atomic E-state index is 10.9. The van der Waals surface area contributed by atoms with E-state index in [-0.39, 0.29) is 0 Å². The molecule has 0 spiro atoms. The molecule has 1 saturated heterocycles. The summed E-state index contributed by atoms with van der Waals surface area (Å²) in [5, 5.41) is 9.21. The Kier molecular flexibility index (Phi) is 5.17. The third-order valence-corrected chi connectivity index (χ3v) is 5.70. The first kappa shape index (κ1) is 16.9. The van der Waals surface area contributed by atoms with Crippen molar-refractivity contribution in [3.8, 4) is 0 Å². The van der Waals surface area contributed by atoms with Crippen LogP contribution in [0.4, 0.5) is 5.82 Å². The van der Waals surface area contributed by atoms with Crippen LogP contribution in [0.3, 0.4) is 0 Å². The summed E-state index contributed by atoms with van der Waals surface area (Å²) in [5.41, 5.74) is 3.74. The van der Waals surface area contributed by atoms with Crippen LogP contribution in [-0.2, 0) is 4.79 Å². The molecular weight excluding hydrogens is 300 g/mol. The summed E-state index contributed by atoms with van der Waals surface area (Å²) in [5.74, 6) is 1.54. The van der Waals surface area contributed by atoms with Gasteiger partial charge >= 0.3 is 0 Å². The number of carbonyl (C=O) groups excluding carboxylic acids is 1. The Morgan fingerprint density at radius 2 is 1.88 bits per heavy atom. The molecule has 1 aromatic heterocycles. The Labute approximate surface area is 144 Å². The van der Waals surface area contributed by atoms with E-state index < -0.39 is 0 Å². The number of nitrogens with zero attached hydrogens (tertiary/aromatic N) is 4. The van der Waals surface area contributed by atoms with Crippen LogP contribution in [0, 0.1) is 13.8 Å². The van der Waals surface area contributed by atoms with Gasteiger partial charge < -0.3 is 9.80 Å². The van der Waals surface area contributed by atoms with E-state index in [1.54, 1.807) is 4.90 Å². The second-order valence-corrected chi connectivity index (χ2v) is 7.13. The maximum Gasteiger partial charge on any atom is 0.209 e. The standard InChI is InChI=1S/C19H28N4O/c1-14-15(2)19(21-20-18(14)16-7-5-4-6-8-16)23-11-9-17(10-12-23)22(3)13-24/h4-5,13,16-17H,6-12H2,1-3H3. The molecule has 0 radical (unpaired) electrons. The van der Waals surface area contributed by atoms with Gasteiger partial charge in [0.15, 0.2) is 5.82 Å². The van der Waals surface area contributed by atoms with E-state index in [4.69, 9.17) is 0 Å². The van der Waals surface area contributed by atoms with Crippen molar-refractivity contribution in [1.82, 2.24) is 15.1 Å². The van der Waals surface area contributed by atoms with E-state index in [1.165, 1.54) is 23.2 Å². The summed E-state index contributed by atoms with van der Waals surface area (Å²) < 4.78 is 0. The minimum absolute atomic E-state index is 0.349. The van der Waals surface area contributed by atoms with E-state index in [0.717, 1.165) is 51.0 Å². The average Bonchev–Trinajstić information content (AvgIpc) is 2.64. The van der Waals surface area contributed by atoms with E-state index >= 15 is 0 Å². The topological polar surface area (TPSA) is 49.3 Å². The Hall–Kier alpha value is -1.91. The number of rotatable bonds is 4. The molecule has 5 nitrogen and oxygen atoms in total. The Bertz CT molecular complexity index is 620. The first-order valence-electron chi connectivity index (χ1n) is 9.02. The van der Waals surface area contributed by atoms with E-state index in [2.05, 4.69) is 41.1 Å². The predicted molar refractivity (Wildman–Crippen MR) is 96.3 cm³/mol. The van der Waals surface area contributed by atoms with Crippen LogP contribution in [0.1, 0.15) is 54.8 Å². The lowest BCUT2D eigenvalue weighted by molar-refractivity contribution is -0.119. The molecule has 1 aromatic rings. The van der Waals surface area contributed by atoms with Crippen molar-refractivity contribution in [3.05, 3.63) is 29.0 Å². The molecule has 1 fully saturated rings. The number of hydrogen-bond acceptors (Lipinski definition) is 4. The molecule has 24 heavy (non-hydrogen) atoms. The molecule has 1 aliphatic heterocycles. The number of aromatic nitrogens is 2. The fourth-order valence-corrected chi connectivity index (χ4v) is 3.91. The minimum atomic E-state index is 0.349. The van der Waals surface area contributed by atoms with Gasteiger partial charge in [-0.2, -0.15) is 5.10 Å². The molecule has 0 saturated carbocycles. The van der Waals surface area contributed by atoms with Gasteiger partial charge in [0, 0.05) is 32.1 Å². The zero-order valence-corrected chi connectivity index (χ0v) is 15.0. The molecule has 0 bridgehead atoms. The van der Waals surface area contributed by atoms with Crippen molar-refractivity contribution in [2.75, 3.05) is 25.0 Å². The lowest BCUT2D eigenvalue weighted by atomic mass is 9.88. The fraction of sp³-hybridized carbons (Fsp3) is 0.632. The van der Waals surface area contributed by atoms with Crippen LogP contribution in [0.5, 0.6) is 0 Å². The minimum Gasteiger partial charge on any atom is -0.355 e. The van der Waals surface area contributed by atoms with Crippen molar-refractivity contribution in [2.45, 2.75) is 57.9 Å². The van der Waals surface area contributed by atoms with Gasteiger partial charge in [-0.15, -0.1) is 5.10 Å². The van der Waals surface area contributed by atoms with Gasteiger partial charge in [0.25, 0.3) is 0 Å². The molecule has 3 rings (SSSR count). The normalized spacial score (nSPS) is 21.8. The SMILES string of the molecule is Cc1c(C2CC=CCC2)nnc(N2CCC(N(C)C=O)CC2)c1C. The molecule has 1 aliphatic carbocycles. The zero-order valence-electron chi connectivity index (χ0n) is 15.0. The van der Waals surface area contributed by atoms with Crippen molar-refractivity contribution in [1.29, 1.82) is 0 Å². The van der Waals surface area contributed by atoms with E-state index in [1.807, 2.05) is 7.05 Å². The highest BCUT2D eigenvalue weighted by Gasteiger charge is 2.26. The van der Waals surface area contributed by atoms with E-state index in [0.29, 0.717) is 12.0 Å². The second-order valence-electron chi connectivity index (χ2n) is 7.13. The lowest BCUT2D eigenvalue weighted by Crippen LogP contribution is -2.43. The van der Waals surface area contributed by atoms with Crippen molar-refractivity contribution >= 4 is 12.2 Å². The molecule has 5 heteroatoms. The van der Waals surface area contributed by atoms with Gasteiger partial charge in [-0.25, -0.2) is 0 Å². The summed E-state index contributed by atoms with van der Waals surface area (Å²) in [6.45, 7) is 6.23. The summed E-state index contributed by atoms with van der Waals surface area (Å²) in [6, 6.07) is 0.349. The number of anilines is 1. The molecule has 0 aromatic carbocycles. The first-order chi connectivity index (χ1) is 11.6. The number of amides is 1. The molecule has 1 unspecified atom stereocenters. The maximum atomic E-state index is 10.9. The summed E-state index contributed by atoms with van der Waals surface area (Å²) >= 11 is 0. The van der Waals surface area contributed by atoms with E-state index in [9.17, 15) is 4.79 Å². The van der Waals surface area contributed by atoms with Gasteiger partial charge in [-0.05, 0) is 57.1 Å². The third kappa shape index (κ3) is 3.30. The zero-order chi connectivity index (χ0) is 17.1. The van der Waals surface area contributed by atoms with Gasteiger partial charge in [0.1, 0.15) is 0 Å². The Morgan fingerprint density at radius 1 is 1.12 bits per heavy atom. The van der Waals surface area contributed by atoms with Crippen LogP contribution in [0.25, 0.3) is 0 Å².